The minimum Gasteiger partial charge on any atom is -0.325 e. The molecule has 0 radical (unpaired) electrons. The normalized spacial score (nSPS) is 14.5. The van der Waals surface area contributed by atoms with Crippen LogP contribution in [0.25, 0.3) is 0 Å². The predicted octanol–water partition coefficient (Wildman–Crippen LogP) is 2.77. The van der Waals surface area contributed by atoms with E-state index in [1.165, 1.54) is 17.3 Å². The van der Waals surface area contributed by atoms with Crippen LogP contribution in [0.2, 0.25) is 0 Å². The van der Waals surface area contributed by atoms with Gasteiger partial charge in [-0.15, -0.1) is 0 Å². The number of rotatable bonds is 3. The fourth-order valence-corrected chi connectivity index (χ4v) is 3.17. The van der Waals surface area contributed by atoms with Crippen LogP contribution in [0.1, 0.15) is 5.56 Å². The maximum Gasteiger partial charge on any atom is 0.234 e. The molecular weight excluding hydrogens is 252 g/mol. The Morgan fingerprint density at radius 2 is 2.24 bits per heavy atom. The van der Waals surface area contributed by atoms with E-state index in [-0.39, 0.29) is 5.91 Å². The third-order valence-corrected chi connectivity index (χ3v) is 4.47. The third kappa shape index (κ3) is 4.09. The van der Waals surface area contributed by atoms with Crippen molar-refractivity contribution in [1.29, 1.82) is 0 Å². The summed E-state index contributed by atoms with van der Waals surface area (Å²) >= 11 is 3.24. The summed E-state index contributed by atoms with van der Waals surface area (Å²) in [5.74, 6) is 1.50. The van der Waals surface area contributed by atoms with Crippen LogP contribution in [0.15, 0.2) is 29.3 Å². The van der Waals surface area contributed by atoms with Gasteiger partial charge in [-0.05, 0) is 19.1 Å². The predicted molar refractivity (Wildman–Crippen MR) is 77.0 cm³/mol. The molecule has 0 saturated heterocycles. The van der Waals surface area contributed by atoms with Gasteiger partial charge in [0.15, 0.2) is 0 Å². The largest absolute Gasteiger partial charge is 0.325 e. The van der Waals surface area contributed by atoms with Crippen molar-refractivity contribution in [1.82, 2.24) is 0 Å². The van der Waals surface area contributed by atoms with Crippen LogP contribution in [0.5, 0.6) is 0 Å². The molecule has 17 heavy (non-hydrogen) atoms. The highest BCUT2D eigenvalue weighted by Crippen LogP contribution is 2.22. The van der Waals surface area contributed by atoms with Crippen molar-refractivity contribution in [3.63, 3.8) is 0 Å². The minimum atomic E-state index is 0.0223. The first-order valence-corrected chi connectivity index (χ1v) is 7.38. The summed E-state index contributed by atoms with van der Waals surface area (Å²) in [4.78, 5) is 15.9. The molecule has 0 spiro atoms. The van der Waals surface area contributed by atoms with E-state index in [1.54, 1.807) is 11.8 Å². The summed E-state index contributed by atoms with van der Waals surface area (Å²) < 4.78 is 1.03. The van der Waals surface area contributed by atoms with Crippen molar-refractivity contribution in [3.8, 4) is 0 Å². The average molecular weight is 266 g/mol. The standard InChI is InChI=1S/C12H14N2OS2/c1-9-2-4-10(5-3-9)14-11(15)8-17-12-13-6-7-16-12/h2-5H,6-8H2,1H3,(H,14,15). The molecular formula is C12H14N2OS2. The average Bonchev–Trinajstić information content (AvgIpc) is 2.83. The number of aryl methyl sites for hydroxylation is 1. The van der Waals surface area contributed by atoms with Gasteiger partial charge in [0, 0.05) is 11.4 Å². The Morgan fingerprint density at radius 1 is 1.47 bits per heavy atom. The number of hydrogen-bond acceptors (Lipinski definition) is 4. The zero-order chi connectivity index (χ0) is 12.1. The number of anilines is 1. The summed E-state index contributed by atoms with van der Waals surface area (Å²) in [7, 11) is 0. The second kappa shape index (κ2) is 6.12. The third-order valence-electron chi connectivity index (χ3n) is 2.22. The number of nitrogens with one attached hydrogen (secondary N) is 1. The summed E-state index contributed by atoms with van der Waals surface area (Å²) in [5.41, 5.74) is 2.04. The molecule has 5 heteroatoms. The first kappa shape index (κ1) is 12.5. The number of carbonyl (C=O) groups is 1. The molecule has 0 aromatic heterocycles. The molecule has 1 amide bonds. The van der Waals surface area contributed by atoms with Crippen molar-refractivity contribution in [2.24, 2.45) is 4.99 Å². The molecule has 0 bridgehead atoms. The van der Waals surface area contributed by atoms with Crippen molar-refractivity contribution in [2.45, 2.75) is 6.92 Å². The fraction of sp³-hybridized carbons (Fsp3) is 0.333. The summed E-state index contributed by atoms with van der Waals surface area (Å²) in [6.07, 6.45) is 0. The van der Waals surface area contributed by atoms with Gasteiger partial charge in [0.25, 0.3) is 0 Å². The molecule has 90 valence electrons. The first-order valence-electron chi connectivity index (χ1n) is 5.40. The molecule has 1 N–H and O–H groups in total. The number of nitrogens with zero attached hydrogens (tertiary/aromatic N) is 1. The van der Waals surface area contributed by atoms with Crippen LogP contribution in [0.4, 0.5) is 5.69 Å². The zero-order valence-corrected chi connectivity index (χ0v) is 11.2. The zero-order valence-electron chi connectivity index (χ0n) is 9.60. The SMILES string of the molecule is Cc1ccc(NC(=O)CSC2=NCCS2)cc1. The van der Waals surface area contributed by atoms with E-state index in [2.05, 4.69) is 10.3 Å². The minimum absolute atomic E-state index is 0.0223. The maximum absolute atomic E-state index is 11.7. The number of hydrogen-bond donors (Lipinski definition) is 1. The highest BCUT2D eigenvalue weighted by molar-refractivity contribution is 8.39. The molecule has 1 aromatic carbocycles. The van der Waals surface area contributed by atoms with Gasteiger partial charge in [0.05, 0.1) is 12.3 Å². The summed E-state index contributed by atoms with van der Waals surface area (Å²) in [6, 6.07) is 7.80. The van der Waals surface area contributed by atoms with Crippen LogP contribution in [-0.4, -0.2) is 28.3 Å². The Morgan fingerprint density at radius 3 is 2.88 bits per heavy atom. The van der Waals surface area contributed by atoms with Gasteiger partial charge < -0.3 is 5.32 Å². The molecule has 0 atom stereocenters. The molecule has 2 rings (SSSR count). The monoisotopic (exact) mass is 266 g/mol. The lowest BCUT2D eigenvalue weighted by Gasteiger charge is -2.05. The van der Waals surface area contributed by atoms with E-state index in [0.29, 0.717) is 5.75 Å². The van der Waals surface area contributed by atoms with Gasteiger partial charge >= 0.3 is 0 Å². The molecule has 0 saturated carbocycles. The summed E-state index contributed by atoms with van der Waals surface area (Å²) in [5, 5.41) is 2.87. The number of benzene rings is 1. The second-order valence-corrected chi connectivity index (χ2v) is 6.01. The Bertz CT molecular complexity index is 429. The van der Waals surface area contributed by atoms with E-state index in [0.717, 1.165) is 22.4 Å². The highest BCUT2D eigenvalue weighted by Gasteiger charge is 2.10. The number of thioether (sulfide) groups is 2. The highest BCUT2D eigenvalue weighted by atomic mass is 32.2. The lowest BCUT2D eigenvalue weighted by Crippen LogP contribution is -2.14. The Labute approximate surface area is 109 Å². The topological polar surface area (TPSA) is 41.5 Å². The van der Waals surface area contributed by atoms with Gasteiger partial charge in [-0.2, -0.15) is 0 Å². The van der Waals surface area contributed by atoms with Crippen molar-refractivity contribution in [3.05, 3.63) is 29.8 Å². The lowest BCUT2D eigenvalue weighted by atomic mass is 10.2. The van der Waals surface area contributed by atoms with E-state index < -0.39 is 0 Å². The second-order valence-electron chi connectivity index (χ2n) is 3.70. The van der Waals surface area contributed by atoms with Gasteiger partial charge in [-0.25, -0.2) is 0 Å². The number of carbonyl (C=O) groups excluding carboxylic acids is 1. The smallest absolute Gasteiger partial charge is 0.234 e. The number of aliphatic imine (C=N–C) groups is 1. The molecule has 0 fully saturated rings. The van der Waals surface area contributed by atoms with Gasteiger partial charge in [0.1, 0.15) is 4.38 Å². The van der Waals surface area contributed by atoms with Crippen LogP contribution in [0.3, 0.4) is 0 Å². The van der Waals surface area contributed by atoms with Crippen LogP contribution >= 0.6 is 23.5 Å². The summed E-state index contributed by atoms with van der Waals surface area (Å²) in [6.45, 7) is 2.91. The first-order chi connectivity index (χ1) is 8.24. The van der Waals surface area contributed by atoms with Crippen molar-refractivity contribution in [2.75, 3.05) is 23.4 Å². The fourth-order valence-electron chi connectivity index (χ4n) is 1.36. The van der Waals surface area contributed by atoms with E-state index >= 15 is 0 Å². The lowest BCUT2D eigenvalue weighted by molar-refractivity contribution is -0.113. The van der Waals surface area contributed by atoms with Crippen LogP contribution < -0.4 is 5.32 Å². The van der Waals surface area contributed by atoms with Crippen molar-refractivity contribution >= 4 is 39.5 Å². The molecule has 1 aliphatic heterocycles. The molecule has 0 aliphatic carbocycles. The molecule has 1 heterocycles. The van der Waals surface area contributed by atoms with E-state index in [9.17, 15) is 4.79 Å². The van der Waals surface area contributed by atoms with Gasteiger partial charge in [-0.3, -0.25) is 9.79 Å². The molecule has 0 unspecified atom stereocenters. The van der Waals surface area contributed by atoms with Crippen LogP contribution in [-0.2, 0) is 4.79 Å². The Balaban J connectivity index is 1.78. The van der Waals surface area contributed by atoms with E-state index in [1.807, 2.05) is 31.2 Å². The molecule has 3 nitrogen and oxygen atoms in total. The quantitative estimate of drug-likeness (QED) is 0.914. The van der Waals surface area contributed by atoms with E-state index in [4.69, 9.17) is 0 Å². The van der Waals surface area contributed by atoms with Gasteiger partial charge in [-0.1, -0.05) is 41.2 Å². The molecule has 1 aromatic rings. The Kier molecular flexibility index (Phi) is 4.50. The Hall–Kier alpha value is -0.940. The van der Waals surface area contributed by atoms with Crippen molar-refractivity contribution < 1.29 is 4.79 Å². The molecule has 1 aliphatic rings. The maximum atomic E-state index is 11.7. The number of amides is 1. The van der Waals surface area contributed by atoms with Gasteiger partial charge in [0.2, 0.25) is 5.91 Å². The van der Waals surface area contributed by atoms with Crippen LogP contribution in [0, 0.1) is 6.92 Å².